The highest BCUT2D eigenvalue weighted by Gasteiger charge is 2.13. The highest BCUT2D eigenvalue weighted by atomic mass is 79.9. The van der Waals surface area contributed by atoms with E-state index in [-0.39, 0.29) is 23.8 Å². The number of benzene rings is 1. The minimum absolute atomic E-state index is 0.0504. The zero-order valence-corrected chi connectivity index (χ0v) is 12.6. The fourth-order valence-electron chi connectivity index (χ4n) is 1.30. The first-order chi connectivity index (χ1) is 8.95. The Morgan fingerprint density at radius 3 is 2.42 bits per heavy atom. The highest BCUT2D eigenvalue weighted by molar-refractivity contribution is 9.10. The first-order valence-corrected chi connectivity index (χ1v) is 7.95. The molecule has 4 N–H and O–H groups in total. The minimum Gasteiger partial charge on any atom is -0.355 e. The predicted octanol–water partition coefficient (Wildman–Crippen LogP) is 0.192. The lowest BCUT2D eigenvalue weighted by molar-refractivity contribution is -0.120. The summed E-state index contributed by atoms with van der Waals surface area (Å²) in [6.07, 6.45) is 0.0791. The summed E-state index contributed by atoms with van der Waals surface area (Å²) in [5, 5.41) is 2.56. The number of hydrogen-bond donors (Lipinski definition) is 3. The second kappa shape index (κ2) is 7.59. The van der Waals surface area contributed by atoms with Crippen molar-refractivity contribution in [1.29, 1.82) is 0 Å². The maximum Gasteiger partial charge on any atom is 0.240 e. The van der Waals surface area contributed by atoms with Gasteiger partial charge in [0.05, 0.1) is 4.90 Å². The van der Waals surface area contributed by atoms with Crippen LogP contribution < -0.4 is 15.8 Å². The monoisotopic (exact) mass is 349 g/mol. The van der Waals surface area contributed by atoms with Crippen LogP contribution in [0, 0.1) is 0 Å². The van der Waals surface area contributed by atoms with Crippen molar-refractivity contribution in [2.45, 2.75) is 11.3 Å². The first-order valence-electron chi connectivity index (χ1n) is 5.67. The molecule has 0 aliphatic heterocycles. The number of sulfonamides is 1. The van der Waals surface area contributed by atoms with Crippen LogP contribution in [-0.2, 0) is 14.8 Å². The summed E-state index contributed by atoms with van der Waals surface area (Å²) >= 11 is 3.23. The number of carbonyl (C=O) groups excluding carboxylic acids is 1. The van der Waals surface area contributed by atoms with Gasteiger partial charge >= 0.3 is 0 Å². The third-order valence-electron chi connectivity index (χ3n) is 2.23. The van der Waals surface area contributed by atoms with Crippen LogP contribution in [0.3, 0.4) is 0 Å². The molecule has 0 heterocycles. The van der Waals surface area contributed by atoms with Gasteiger partial charge in [-0.05, 0) is 24.3 Å². The lowest BCUT2D eigenvalue weighted by atomic mass is 10.4. The molecule has 1 aromatic rings. The van der Waals surface area contributed by atoms with E-state index in [1.807, 2.05) is 0 Å². The van der Waals surface area contributed by atoms with Crippen molar-refractivity contribution in [3.05, 3.63) is 28.7 Å². The van der Waals surface area contributed by atoms with Gasteiger partial charge in [0, 0.05) is 30.5 Å². The van der Waals surface area contributed by atoms with Gasteiger partial charge in [-0.3, -0.25) is 4.79 Å². The van der Waals surface area contributed by atoms with E-state index in [1.165, 1.54) is 12.1 Å². The molecule has 0 fully saturated rings. The molecule has 0 radical (unpaired) electrons. The Bertz CT molecular complexity index is 516. The second-order valence-corrected chi connectivity index (χ2v) is 6.42. The Labute approximate surface area is 120 Å². The lowest BCUT2D eigenvalue weighted by Crippen LogP contribution is -2.33. The number of nitrogens with one attached hydrogen (secondary N) is 2. The molecule has 0 atom stereocenters. The van der Waals surface area contributed by atoms with Crippen LogP contribution in [0.2, 0.25) is 0 Å². The van der Waals surface area contributed by atoms with E-state index in [9.17, 15) is 13.2 Å². The number of hydrogen-bond acceptors (Lipinski definition) is 4. The zero-order valence-electron chi connectivity index (χ0n) is 10.2. The predicted molar refractivity (Wildman–Crippen MR) is 76.0 cm³/mol. The lowest BCUT2D eigenvalue weighted by Gasteiger charge is -2.07. The van der Waals surface area contributed by atoms with Crippen LogP contribution in [0.5, 0.6) is 0 Å². The molecule has 0 aromatic heterocycles. The molecule has 0 saturated heterocycles. The Kier molecular flexibility index (Phi) is 6.43. The van der Waals surface area contributed by atoms with E-state index in [1.54, 1.807) is 12.1 Å². The molecule has 0 saturated carbocycles. The minimum atomic E-state index is -3.57. The van der Waals surface area contributed by atoms with Crippen molar-refractivity contribution in [1.82, 2.24) is 10.0 Å². The molecule has 0 unspecified atom stereocenters. The molecular formula is C11H16BrN3O3S. The smallest absolute Gasteiger partial charge is 0.240 e. The van der Waals surface area contributed by atoms with E-state index in [0.717, 1.165) is 4.47 Å². The van der Waals surface area contributed by atoms with Gasteiger partial charge < -0.3 is 11.1 Å². The third-order valence-corrected chi connectivity index (χ3v) is 4.24. The van der Waals surface area contributed by atoms with Crippen LogP contribution in [0.4, 0.5) is 0 Å². The summed E-state index contributed by atoms with van der Waals surface area (Å²) in [6.45, 7) is 0.795. The van der Waals surface area contributed by atoms with Gasteiger partial charge in [0.1, 0.15) is 0 Å². The van der Waals surface area contributed by atoms with Gasteiger partial charge in [0.2, 0.25) is 15.9 Å². The molecular weight excluding hydrogens is 334 g/mol. The maximum absolute atomic E-state index is 11.9. The molecule has 6 nitrogen and oxygen atoms in total. The quantitative estimate of drug-likeness (QED) is 0.654. The zero-order chi connectivity index (χ0) is 14.3. The first kappa shape index (κ1) is 16.1. The van der Waals surface area contributed by atoms with E-state index in [4.69, 9.17) is 5.73 Å². The summed E-state index contributed by atoms with van der Waals surface area (Å²) in [7, 11) is -3.57. The van der Waals surface area contributed by atoms with Gasteiger partial charge in [0.25, 0.3) is 0 Å². The molecule has 0 aliphatic rings. The van der Waals surface area contributed by atoms with Crippen molar-refractivity contribution in [2.75, 3.05) is 19.6 Å². The van der Waals surface area contributed by atoms with Crippen molar-refractivity contribution in [2.24, 2.45) is 5.73 Å². The Morgan fingerprint density at radius 1 is 1.21 bits per heavy atom. The molecule has 106 valence electrons. The van der Waals surface area contributed by atoms with Crippen molar-refractivity contribution in [3.8, 4) is 0 Å². The van der Waals surface area contributed by atoms with E-state index in [0.29, 0.717) is 13.1 Å². The summed E-state index contributed by atoms with van der Waals surface area (Å²) < 4.78 is 26.9. The van der Waals surface area contributed by atoms with Crippen molar-refractivity contribution >= 4 is 31.9 Å². The van der Waals surface area contributed by atoms with Gasteiger partial charge in [-0.25, -0.2) is 13.1 Å². The molecule has 0 spiro atoms. The molecule has 1 amide bonds. The maximum atomic E-state index is 11.9. The summed E-state index contributed by atoms with van der Waals surface area (Å²) in [5.41, 5.74) is 5.23. The van der Waals surface area contributed by atoms with Crippen molar-refractivity contribution < 1.29 is 13.2 Å². The summed E-state index contributed by atoms with van der Waals surface area (Å²) in [4.78, 5) is 11.4. The molecule has 0 bridgehead atoms. The summed E-state index contributed by atoms with van der Waals surface area (Å²) in [5.74, 6) is -0.232. The van der Waals surface area contributed by atoms with Crippen LogP contribution in [-0.4, -0.2) is 34.0 Å². The van der Waals surface area contributed by atoms with E-state index >= 15 is 0 Å². The summed E-state index contributed by atoms with van der Waals surface area (Å²) in [6, 6.07) is 6.26. The fourth-order valence-corrected chi connectivity index (χ4v) is 2.59. The molecule has 1 aromatic carbocycles. The normalized spacial score (nSPS) is 11.3. The number of amides is 1. The van der Waals surface area contributed by atoms with Crippen molar-refractivity contribution in [3.63, 3.8) is 0 Å². The van der Waals surface area contributed by atoms with Crippen LogP contribution >= 0.6 is 15.9 Å². The van der Waals surface area contributed by atoms with Gasteiger partial charge in [-0.15, -0.1) is 0 Å². The highest BCUT2D eigenvalue weighted by Crippen LogP contribution is 2.14. The topological polar surface area (TPSA) is 101 Å². The standard InChI is InChI=1S/C11H16BrN3O3S/c12-9-1-3-10(4-2-9)19(17,18)15-7-5-11(16)14-8-6-13/h1-4,15H,5-8,13H2,(H,14,16). The largest absolute Gasteiger partial charge is 0.355 e. The second-order valence-electron chi connectivity index (χ2n) is 3.74. The molecule has 0 aliphatic carbocycles. The van der Waals surface area contributed by atoms with Gasteiger partial charge in [-0.1, -0.05) is 15.9 Å². The van der Waals surface area contributed by atoms with Gasteiger partial charge in [-0.2, -0.15) is 0 Å². The number of halogens is 1. The SMILES string of the molecule is NCCNC(=O)CCNS(=O)(=O)c1ccc(Br)cc1. The average molecular weight is 350 g/mol. The number of carbonyl (C=O) groups is 1. The Morgan fingerprint density at radius 2 is 1.84 bits per heavy atom. The fraction of sp³-hybridized carbons (Fsp3) is 0.364. The van der Waals surface area contributed by atoms with E-state index < -0.39 is 10.0 Å². The van der Waals surface area contributed by atoms with Crippen LogP contribution in [0.25, 0.3) is 0 Å². The van der Waals surface area contributed by atoms with E-state index in [2.05, 4.69) is 26.0 Å². The number of nitrogens with two attached hydrogens (primary N) is 1. The number of rotatable bonds is 7. The molecule has 1 rings (SSSR count). The van der Waals surface area contributed by atoms with Crippen LogP contribution in [0.1, 0.15) is 6.42 Å². The van der Waals surface area contributed by atoms with Gasteiger partial charge in [0.15, 0.2) is 0 Å². The van der Waals surface area contributed by atoms with Crippen LogP contribution in [0.15, 0.2) is 33.6 Å². The third kappa shape index (κ3) is 5.68. The molecule has 8 heteroatoms. The Hall–Kier alpha value is -0.960. The molecule has 19 heavy (non-hydrogen) atoms. The average Bonchev–Trinajstić information content (AvgIpc) is 2.36. The Balaban J connectivity index is 2.47.